The molecule has 1 aromatic heterocycles. The molecule has 0 saturated carbocycles. The molecule has 7 nitrogen and oxygen atoms in total. The molecule has 0 aliphatic carbocycles. The highest BCUT2D eigenvalue weighted by Gasteiger charge is 2.23. The molecule has 2 rings (SSSR count). The van der Waals surface area contributed by atoms with Crippen LogP contribution in [0, 0.1) is 5.92 Å². The Balaban J connectivity index is 2.00. The van der Waals surface area contributed by atoms with Crippen molar-refractivity contribution < 1.29 is 14.3 Å². The molecule has 2 heterocycles. The summed E-state index contributed by atoms with van der Waals surface area (Å²) in [5, 5.41) is 11.0. The van der Waals surface area contributed by atoms with Gasteiger partial charge in [0.1, 0.15) is 0 Å². The topological polar surface area (TPSA) is 84.4 Å². The van der Waals surface area contributed by atoms with Crippen LogP contribution in [-0.4, -0.2) is 48.3 Å². The Hall–Kier alpha value is -2.18. The first kappa shape index (κ1) is 16.2. The molecule has 0 bridgehead atoms. The number of piperidine rings is 1. The van der Waals surface area contributed by atoms with Gasteiger partial charge in [0, 0.05) is 25.0 Å². The van der Waals surface area contributed by atoms with E-state index < -0.39 is 5.97 Å². The number of rotatable bonds is 4. The number of amides is 1. The molecule has 0 radical (unpaired) electrons. The molecule has 1 atom stereocenters. The van der Waals surface area contributed by atoms with E-state index in [-0.39, 0.29) is 23.6 Å². The van der Waals surface area contributed by atoms with E-state index in [9.17, 15) is 9.59 Å². The van der Waals surface area contributed by atoms with Crippen LogP contribution < -0.4 is 10.2 Å². The zero-order valence-corrected chi connectivity index (χ0v) is 13.2. The second-order valence-electron chi connectivity index (χ2n) is 5.72. The van der Waals surface area contributed by atoms with Gasteiger partial charge in [-0.1, -0.05) is 13.8 Å². The average molecular weight is 306 g/mol. The van der Waals surface area contributed by atoms with E-state index in [1.54, 1.807) is 12.1 Å². The Kier molecular flexibility index (Phi) is 5.30. The Morgan fingerprint density at radius 2 is 2.14 bits per heavy atom. The van der Waals surface area contributed by atoms with Gasteiger partial charge in [-0.25, -0.2) is 4.79 Å². The predicted molar refractivity (Wildman–Crippen MR) is 81.6 cm³/mol. The lowest BCUT2D eigenvalue weighted by molar-refractivity contribution is -0.124. The number of carbonyl (C=O) groups excluding carboxylic acids is 2. The van der Waals surface area contributed by atoms with Crippen molar-refractivity contribution in [1.29, 1.82) is 0 Å². The third-order valence-electron chi connectivity index (χ3n) is 3.66. The highest BCUT2D eigenvalue weighted by Crippen LogP contribution is 2.17. The van der Waals surface area contributed by atoms with Gasteiger partial charge in [0.15, 0.2) is 11.5 Å². The lowest BCUT2D eigenvalue weighted by atomic mass is 10.0. The summed E-state index contributed by atoms with van der Waals surface area (Å²) in [6, 6.07) is 3.47. The number of carbonyl (C=O) groups is 2. The zero-order chi connectivity index (χ0) is 16.1. The smallest absolute Gasteiger partial charge is 0.358 e. The number of esters is 1. The molecule has 1 amide bonds. The van der Waals surface area contributed by atoms with Crippen LogP contribution in [0.5, 0.6) is 0 Å². The van der Waals surface area contributed by atoms with E-state index in [4.69, 9.17) is 0 Å². The SMILES string of the molecule is COC(=O)c1ccc(N2CCCC(NC(=O)C(C)C)C2)nn1. The maximum absolute atomic E-state index is 11.8. The summed E-state index contributed by atoms with van der Waals surface area (Å²) < 4.78 is 4.60. The second-order valence-corrected chi connectivity index (χ2v) is 5.72. The lowest BCUT2D eigenvalue weighted by Crippen LogP contribution is -2.49. The second kappa shape index (κ2) is 7.20. The fourth-order valence-corrected chi connectivity index (χ4v) is 2.38. The number of hydrogen-bond acceptors (Lipinski definition) is 6. The van der Waals surface area contributed by atoms with Crippen molar-refractivity contribution in [2.24, 2.45) is 5.92 Å². The number of methoxy groups -OCH3 is 1. The predicted octanol–water partition coefficient (Wildman–Crippen LogP) is 1.00. The van der Waals surface area contributed by atoms with Gasteiger partial charge in [-0.2, -0.15) is 0 Å². The van der Waals surface area contributed by atoms with E-state index >= 15 is 0 Å². The normalized spacial score (nSPS) is 18.2. The zero-order valence-electron chi connectivity index (χ0n) is 13.2. The van der Waals surface area contributed by atoms with Crippen LogP contribution in [0.3, 0.4) is 0 Å². The number of aromatic nitrogens is 2. The fraction of sp³-hybridized carbons (Fsp3) is 0.600. The van der Waals surface area contributed by atoms with Crippen molar-refractivity contribution in [3.63, 3.8) is 0 Å². The molecule has 22 heavy (non-hydrogen) atoms. The minimum absolute atomic E-state index is 0.0190. The van der Waals surface area contributed by atoms with Crippen molar-refractivity contribution in [2.75, 3.05) is 25.1 Å². The van der Waals surface area contributed by atoms with Gasteiger partial charge in [0.25, 0.3) is 0 Å². The van der Waals surface area contributed by atoms with Crippen molar-refractivity contribution in [1.82, 2.24) is 15.5 Å². The first-order chi connectivity index (χ1) is 10.5. The standard InChI is InChI=1S/C15H22N4O3/c1-10(2)14(20)16-11-5-4-8-19(9-11)13-7-6-12(17-18-13)15(21)22-3/h6-7,10-11H,4-5,8-9H2,1-3H3,(H,16,20). The van der Waals surface area contributed by atoms with Crippen molar-refractivity contribution in [3.05, 3.63) is 17.8 Å². The molecule has 120 valence electrons. The Labute approximate surface area is 130 Å². The summed E-state index contributed by atoms with van der Waals surface area (Å²) >= 11 is 0. The molecule has 1 aliphatic rings. The molecule has 0 aromatic carbocycles. The molecule has 1 fully saturated rings. The monoisotopic (exact) mass is 306 g/mol. The number of nitrogens with zero attached hydrogens (tertiary/aromatic N) is 3. The Bertz CT molecular complexity index is 530. The maximum atomic E-state index is 11.8. The van der Waals surface area contributed by atoms with Crippen LogP contribution in [0.15, 0.2) is 12.1 Å². The number of anilines is 1. The van der Waals surface area contributed by atoms with Crippen LogP contribution in [0.25, 0.3) is 0 Å². The van der Waals surface area contributed by atoms with Crippen LogP contribution >= 0.6 is 0 Å². The summed E-state index contributed by atoms with van der Waals surface area (Å²) in [5.41, 5.74) is 0.188. The Morgan fingerprint density at radius 3 is 2.73 bits per heavy atom. The highest BCUT2D eigenvalue weighted by atomic mass is 16.5. The molecular formula is C15H22N4O3. The highest BCUT2D eigenvalue weighted by molar-refractivity contribution is 5.87. The summed E-state index contributed by atoms with van der Waals surface area (Å²) in [6.45, 7) is 5.32. The average Bonchev–Trinajstić information content (AvgIpc) is 2.54. The first-order valence-corrected chi connectivity index (χ1v) is 7.48. The van der Waals surface area contributed by atoms with Crippen molar-refractivity contribution in [3.8, 4) is 0 Å². The van der Waals surface area contributed by atoms with E-state index in [0.29, 0.717) is 12.4 Å². The summed E-state index contributed by atoms with van der Waals surface area (Å²) in [4.78, 5) is 25.2. The lowest BCUT2D eigenvalue weighted by Gasteiger charge is -2.34. The van der Waals surface area contributed by atoms with Gasteiger partial charge in [-0.05, 0) is 25.0 Å². The largest absolute Gasteiger partial charge is 0.464 e. The van der Waals surface area contributed by atoms with Gasteiger partial charge in [0.05, 0.1) is 7.11 Å². The third kappa shape index (κ3) is 3.93. The van der Waals surface area contributed by atoms with Crippen molar-refractivity contribution >= 4 is 17.7 Å². The van der Waals surface area contributed by atoms with Crippen LogP contribution in [0.1, 0.15) is 37.2 Å². The Morgan fingerprint density at radius 1 is 1.36 bits per heavy atom. The molecule has 1 aromatic rings. The van der Waals surface area contributed by atoms with E-state index in [1.807, 2.05) is 13.8 Å². The van der Waals surface area contributed by atoms with Crippen LogP contribution in [0.2, 0.25) is 0 Å². The van der Waals surface area contributed by atoms with Gasteiger partial charge in [-0.15, -0.1) is 10.2 Å². The van der Waals surface area contributed by atoms with Crippen LogP contribution in [-0.2, 0) is 9.53 Å². The van der Waals surface area contributed by atoms with Crippen molar-refractivity contribution in [2.45, 2.75) is 32.7 Å². The van der Waals surface area contributed by atoms with Gasteiger partial charge < -0.3 is 15.0 Å². The van der Waals surface area contributed by atoms with Crippen LogP contribution in [0.4, 0.5) is 5.82 Å². The van der Waals surface area contributed by atoms with Gasteiger partial charge in [-0.3, -0.25) is 4.79 Å². The molecule has 1 aliphatic heterocycles. The number of hydrogen-bond donors (Lipinski definition) is 1. The maximum Gasteiger partial charge on any atom is 0.358 e. The molecular weight excluding hydrogens is 284 g/mol. The third-order valence-corrected chi connectivity index (χ3v) is 3.66. The van der Waals surface area contributed by atoms with E-state index in [1.165, 1.54) is 7.11 Å². The van der Waals surface area contributed by atoms with E-state index in [0.717, 1.165) is 19.4 Å². The molecule has 7 heteroatoms. The fourth-order valence-electron chi connectivity index (χ4n) is 2.38. The summed E-state index contributed by atoms with van der Waals surface area (Å²) in [5.74, 6) is 0.254. The first-order valence-electron chi connectivity index (χ1n) is 7.48. The molecule has 1 saturated heterocycles. The number of ether oxygens (including phenoxy) is 1. The molecule has 1 unspecified atom stereocenters. The molecule has 0 spiro atoms. The van der Waals surface area contributed by atoms with Gasteiger partial charge in [0.2, 0.25) is 5.91 Å². The van der Waals surface area contributed by atoms with Gasteiger partial charge >= 0.3 is 5.97 Å². The minimum atomic E-state index is -0.500. The van der Waals surface area contributed by atoms with E-state index in [2.05, 4.69) is 25.2 Å². The summed E-state index contributed by atoms with van der Waals surface area (Å²) in [6.07, 6.45) is 1.94. The summed E-state index contributed by atoms with van der Waals surface area (Å²) in [7, 11) is 1.31. The minimum Gasteiger partial charge on any atom is -0.464 e. The quantitative estimate of drug-likeness (QED) is 0.836. The molecule has 1 N–H and O–H groups in total. The number of nitrogens with one attached hydrogen (secondary N) is 1.